The quantitative estimate of drug-likeness (QED) is 0.796. The molecule has 2 aromatic rings. The van der Waals surface area contributed by atoms with Crippen LogP contribution in [0.15, 0.2) is 42.5 Å². The molecule has 0 radical (unpaired) electrons. The average Bonchev–Trinajstić information content (AvgIpc) is 3.32. The topological polar surface area (TPSA) is 58.6 Å². The lowest BCUT2D eigenvalue weighted by Crippen LogP contribution is -2.22. The number of nitrogens with zero attached hydrogens (tertiary/aromatic N) is 1. The van der Waals surface area contributed by atoms with Crippen molar-refractivity contribution in [3.63, 3.8) is 0 Å². The van der Waals surface area contributed by atoms with Crippen molar-refractivity contribution in [3.8, 4) is 0 Å². The fourth-order valence-corrected chi connectivity index (χ4v) is 3.94. The van der Waals surface area contributed by atoms with Gasteiger partial charge < -0.3 is 15.0 Å². The number of ether oxygens (including phenoxy) is 1. The molecule has 4 rings (SSSR count). The smallest absolute Gasteiger partial charge is 0.337 e. The first-order valence-corrected chi connectivity index (χ1v) is 9.61. The lowest BCUT2D eigenvalue weighted by molar-refractivity contribution is -0.117. The van der Waals surface area contributed by atoms with Gasteiger partial charge in [0.1, 0.15) is 5.82 Å². The van der Waals surface area contributed by atoms with Crippen LogP contribution in [0, 0.1) is 11.7 Å². The molecule has 1 saturated heterocycles. The number of esters is 1. The number of benzene rings is 2. The second kappa shape index (κ2) is 7.62. The molecule has 1 heterocycles. The summed E-state index contributed by atoms with van der Waals surface area (Å²) in [6, 6.07) is 11.8. The van der Waals surface area contributed by atoms with Crippen molar-refractivity contribution < 1.29 is 18.7 Å². The summed E-state index contributed by atoms with van der Waals surface area (Å²) in [5.41, 5.74) is 2.49. The van der Waals surface area contributed by atoms with E-state index in [9.17, 15) is 14.0 Å². The number of hydrogen-bond acceptors (Lipinski definition) is 4. The predicted octanol–water partition coefficient (Wildman–Crippen LogP) is 3.95. The number of methoxy groups -OCH3 is 1. The minimum atomic E-state index is -0.445. The van der Waals surface area contributed by atoms with E-state index < -0.39 is 5.97 Å². The third-order valence-corrected chi connectivity index (χ3v) is 5.55. The van der Waals surface area contributed by atoms with Crippen molar-refractivity contribution in [1.82, 2.24) is 0 Å². The van der Waals surface area contributed by atoms with Crippen LogP contribution in [-0.2, 0) is 9.53 Å². The molecule has 28 heavy (non-hydrogen) atoms. The summed E-state index contributed by atoms with van der Waals surface area (Å²) in [4.78, 5) is 26.9. The molecule has 1 N–H and O–H groups in total. The Morgan fingerprint density at radius 3 is 2.61 bits per heavy atom. The Balaban J connectivity index is 1.55. The van der Waals surface area contributed by atoms with Gasteiger partial charge in [0.15, 0.2) is 0 Å². The monoisotopic (exact) mass is 382 g/mol. The van der Waals surface area contributed by atoms with Gasteiger partial charge in [-0.25, -0.2) is 9.18 Å². The summed E-state index contributed by atoms with van der Waals surface area (Å²) in [5, 5.41) is 2.98. The number of carbonyl (C=O) groups excluding carboxylic acids is 2. The fraction of sp³-hybridized carbons (Fsp3) is 0.364. The van der Waals surface area contributed by atoms with Gasteiger partial charge in [0.25, 0.3) is 0 Å². The molecule has 0 aromatic heterocycles. The van der Waals surface area contributed by atoms with Crippen molar-refractivity contribution in [2.75, 3.05) is 30.4 Å². The molecule has 1 saturated carbocycles. The van der Waals surface area contributed by atoms with Gasteiger partial charge in [-0.1, -0.05) is 18.2 Å². The van der Waals surface area contributed by atoms with Crippen LogP contribution >= 0.6 is 0 Å². The zero-order valence-corrected chi connectivity index (χ0v) is 15.8. The minimum absolute atomic E-state index is 0.0970. The molecule has 2 aromatic carbocycles. The Hall–Kier alpha value is -2.89. The molecule has 1 aliphatic carbocycles. The van der Waals surface area contributed by atoms with Crippen LogP contribution in [-0.4, -0.2) is 32.1 Å². The van der Waals surface area contributed by atoms with Crippen LogP contribution in [0.1, 0.15) is 41.1 Å². The lowest BCUT2D eigenvalue weighted by atomic mass is 10.1. The maximum atomic E-state index is 14.0. The van der Waals surface area contributed by atoms with Gasteiger partial charge in [0.05, 0.1) is 24.0 Å². The Bertz CT molecular complexity index is 908. The molecule has 2 fully saturated rings. The summed E-state index contributed by atoms with van der Waals surface area (Å²) in [5.74, 6) is -1.21. The highest BCUT2D eigenvalue weighted by Crippen LogP contribution is 2.49. The molecule has 146 valence electrons. The third-order valence-electron chi connectivity index (χ3n) is 5.55. The summed E-state index contributed by atoms with van der Waals surface area (Å²) < 4.78 is 18.8. The number of carbonyl (C=O) groups is 2. The highest BCUT2D eigenvalue weighted by Gasteiger charge is 2.45. The number of rotatable bonds is 5. The van der Waals surface area contributed by atoms with Crippen LogP contribution in [0.4, 0.5) is 15.8 Å². The zero-order chi connectivity index (χ0) is 19.7. The SMILES string of the molecule is COC(=O)c1ccc(N2CCCC2)c(NC(=O)C2CC2c2ccccc2F)c1. The van der Waals surface area contributed by atoms with E-state index in [0.29, 0.717) is 23.2 Å². The maximum absolute atomic E-state index is 14.0. The Kier molecular flexibility index (Phi) is 5.03. The highest BCUT2D eigenvalue weighted by atomic mass is 19.1. The van der Waals surface area contributed by atoms with Crippen molar-refractivity contribution in [2.45, 2.75) is 25.2 Å². The lowest BCUT2D eigenvalue weighted by Gasteiger charge is -2.22. The van der Waals surface area contributed by atoms with E-state index >= 15 is 0 Å². The van der Waals surface area contributed by atoms with Crippen molar-refractivity contribution in [1.29, 1.82) is 0 Å². The molecule has 1 amide bonds. The van der Waals surface area contributed by atoms with E-state index in [0.717, 1.165) is 31.6 Å². The summed E-state index contributed by atoms with van der Waals surface area (Å²) in [6.45, 7) is 1.84. The van der Waals surface area contributed by atoms with Crippen LogP contribution < -0.4 is 10.2 Å². The van der Waals surface area contributed by atoms with Gasteiger partial charge in [-0.05, 0) is 55.0 Å². The van der Waals surface area contributed by atoms with Crippen molar-refractivity contribution in [3.05, 3.63) is 59.4 Å². The van der Waals surface area contributed by atoms with Crippen LogP contribution in [0.2, 0.25) is 0 Å². The summed E-state index contributed by atoms with van der Waals surface area (Å²) in [7, 11) is 1.33. The van der Waals surface area contributed by atoms with Crippen LogP contribution in [0.5, 0.6) is 0 Å². The molecule has 0 bridgehead atoms. The van der Waals surface area contributed by atoms with Crippen molar-refractivity contribution in [2.24, 2.45) is 5.92 Å². The van der Waals surface area contributed by atoms with Gasteiger partial charge in [-0.15, -0.1) is 0 Å². The second-order valence-electron chi connectivity index (χ2n) is 7.38. The molecule has 5 nitrogen and oxygen atoms in total. The van der Waals surface area contributed by atoms with E-state index in [4.69, 9.17) is 4.74 Å². The maximum Gasteiger partial charge on any atom is 0.337 e. The first-order valence-electron chi connectivity index (χ1n) is 9.61. The van der Waals surface area contributed by atoms with E-state index in [-0.39, 0.29) is 23.6 Å². The Morgan fingerprint density at radius 1 is 1.14 bits per heavy atom. The number of nitrogens with one attached hydrogen (secondary N) is 1. The molecular weight excluding hydrogens is 359 g/mol. The molecule has 1 aliphatic heterocycles. The van der Waals surface area contributed by atoms with Crippen molar-refractivity contribution >= 4 is 23.3 Å². The second-order valence-corrected chi connectivity index (χ2v) is 7.38. The first-order chi connectivity index (χ1) is 13.6. The number of halogens is 1. The molecule has 2 unspecified atom stereocenters. The van der Waals surface area contributed by atoms with E-state index in [1.54, 1.807) is 30.3 Å². The predicted molar refractivity (Wildman–Crippen MR) is 105 cm³/mol. The summed E-state index contributed by atoms with van der Waals surface area (Å²) in [6.07, 6.45) is 2.83. The van der Waals surface area contributed by atoms with Gasteiger partial charge in [0, 0.05) is 19.0 Å². The largest absolute Gasteiger partial charge is 0.465 e. The standard InChI is InChI=1S/C22H23FN2O3/c1-28-22(27)14-8-9-20(25-10-4-5-11-25)19(12-14)24-21(26)17-13-16(17)15-6-2-3-7-18(15)23/h2-3,6-9,12,16-17H,4-5,10-11,13H2,1H3,(H,24,26). The molecule has 0 spiro atoms. The highest BCUT2D eigenvalue weighted by molar-refractivity contribution is 6.00. The minimum Gasteiger partial charge on any atom is -0.465 e. The van der Waals surface area contributed by atoms with Gasteiger partial charge >= 0.3 is 5.97 Å². The fourth-order valence-electron chi connectivity index (χ4n) is 3.94. The molecular formula is C22H23FN2O3. The van der Waals surface area contributed by atoms with Crippen LogP contribution in [0.3, 0.4) is 0 Å². The number of amides is 1. The number of hydrogen-bond donors (Lipinski definition) is 1. The van der Waals surface area contributed by atoms with Gasteiger partial charge in [-0.2, -0.15) is 0 Å². The normalized spacial score (nSPS) is 20.7. The first kappa shape index (κ1) is 18.5. The van der Waals surface area contributed by atoms with Gasteiger partial charge in [0.2, 0.25) is 5.91 Å². The molecule has 2 atom stereocenters. The Morgan fingerprint density at radius 2 is 1.89 bits per heavy atom. The molecule has 6 heteroatoms. The summed E-state index contributed by atoms with van der Waals surface area (Å²) >= 11 is 0. The zero-order valence-electron chi connectivity index (χ0n) is 15.8. The third kappa shape index (κ3) is 3.59. The van der Waals surface area contributed by atoms with E-state index in [1.807, 2.05) is 6.07 Å². The van der Waals surface area contributed by atoms with E-state index in [1.165, 1.54) is 13.2 Å². The van der Waals surface area contributed by atoms with Crippen LogP contribution in [0.25, 0.3) is 0 Å². The average molecular weight is 382 g/mol. The Labute approximate surface area is 163 Å². The molecule has 2 aliphatic rings. The van der Waals surface area contributed by atoms with Gasteiger partial charge in [-0.3, -0.25) is 4.79 Å². The number of anilines is 2. The van der Waals surface area contributed by atoms with E-state index in [2.05, 4.69) is 10.2 Å².